The molecule has 1 aromatic heterocycles. The Morgan fingerprint density at radius 1 is 1.24 bits per heavy atom. The Kier molecular flexibility index (Phi) is 9.15. The summed E-state index contributed by atoms with van der Waals surface area (Å²) in [4.78, 5) is 37.7. The fourth-order valence-corrected chi connectivity index (χ4v) is 4.03. The van der Waals surface area contributed by atoms with Crippen LogP contribution in [0.4, 0.5) is 14.5 Å². The average molecular weight is 536 g/mol. The fourth-order valence-electron chi connectivity index (χ4n) is 3.76. The van der Waals surface area contributed by atoms with E-state index in [4.69, 9.17) is 26.2 Å². The van der Waals surface area contributed by atoms with Crippen LogP contribution in [0.2, 0.25) is 5.02 Å². The van der Waals surface area contributed by atoms with Gasteiger partial charge in [0.25, 0.3) is 18.3 Å². The zero-order valence-electron chi connectivity index (χ0n) is 19.8. The van der Waals surface area contributed by atoms with E-state index in [1.54, 1.807) is 6.07 Å². The van der Waals surface area contributed by atoms with Gasteiger partial charge in [0.1, 0.15) is 0 Å². The lowest BCUT2D eigenvalue weighted by molar-refractivity contribution is -0.122. The zero-order valence-corrected chi connectivity index (χ0v) is 20.6. The van der Waals surface area contributed by atoms with Crippen molar-refractivity contribution < 1.29 is 33.0 Å². The van der Waals surface area contributed by atoms with Crippen LogP contribution in [0.15, 0.2) is 36.5 Å². The lowest BCUT2D eigenvalue weighted by Crippen LogP contribution is -2.36. The third-order valence-corrected chi connectivity index (χ3v) is 5.91. The zero-order chi connectivity index (χ0) is 27.1. The second-order valence-electron chi connectivity index (χ2n) is 7.89. The molecule has 0 aliphatic carbocycles. The second kappa shape index (κ2) is 12.3. The number of hydrogen-bond acceptors (Lipinski definition) is 6. The molecule has 1 fully saturated rings. The van der Waals surface area contributed by atoms with Gasteiger partial charge in [-0.2, -0.15) is 4.39 Å². The van der Waals surface area contributed by atoms with Crippen molar-refractivity contribution >= 4 is 35.6 Å². The van der Waals surface area contributed by atoms with Crippen molar-refractivity contribution in [1.82, 2.24) is 20.2 Å². The highest BCUT2D eigenvalue weighted by atomic mass is 35.5. The monoisotopic (exact) mass is 535 g/mol. The summed E-state index contributed by atoms with van der Waals surface area (Å²) in [5.74, 6) is -3.38. The first kappa shape index (κ1) is 27.6. The van der Waals surface area contributed by atoms with E-state index in [0.717, 1.165) is 13.0 Å². The summed E-state index contributed by atoms with van der Waals surface area (Å²) in [5, 5.41) is 15.8. The predicted octanol–water partition coefficient (Wildman–Crippen LogP) is 3.07. The van der Waals surface area contributed by atoms with Crippen LogP contribution in [0.5, 0.6) is 5.75 Å². The number of benzene rings is 2. The molecule has 1 aliphatic rings. The lowest BCUT2D eigenvalue weighted by atomic mass is 10.1. The number of hydrogen-bond donors (Lipinski definition) is 4. The highest BCUT2D eigenvalue weighted by Crippen LogP contribution is 2.30. The first-order valence-electron chi connectivity index (χ1n) is 11.0. The van der Waals surface area contributed by atoms with Gasteiger partial charge in [-0.15, -0.1) is 0 Å². The van der Waals surface area contributed by atoms with Gasteiger partial charge in [-0.3, -0.25) is 14.4 Å². The van der Waals surface area contributed by atoms with Crippen LogP contribution in [0.25, 0.3) is 11.3 Å². The maximum Gasteiger partial charge on any atom is 0.291 e. The van der Waals surface area contributed by atoms with Crippen molar-refractivity contribution in [2.24, 2.45) is 7.05 Å². The van der Waals surface area contributed by atoms with Crippen LogP contribution >= 0.6 is 11.6 Å². The highest BCUT2D eigenvalue weighted by Gasteiger charge is 2.22. The van der Waals surface area contributed by atoms with Crippen molar-refractivity contribution in [3.05, 3.63) is 64.6 Å². The summed E-state index contributed by atoms with van der Waals surface area (Å²) < 4.78 is 34.7. The number of ether oxygens (including phenoxy) is 1. The molecule has 2 heterocycles. The molecule has 2 amide bonds. The summed E-state index contributed by atoms with van der Waals surface area (Å²) >= 11 is 6.28. The second-order valence-corrected chi connectivity index (χ2v) is 8.29. The quantitative estimate of drug-likeness (QED) is 0.356. The molecule has 0 bridgehead atoms. The van der Waals surface area contributed by atoms with Crippen LogP contribution in [0.3, 0.4) is 0 Å². The maximum atomic E-state index is 14.5. The molecule has 10 nitrogen and oxygen atoms in total. The standard InChI is InChI=1S/C23H22ClF2N5O3.CH2O2/c1-31-17(15-5-6-18(34-2)20(26)19(15)25)11-28-21(31)23(33)29-12-3-4-14(16(24)9-12)22(32)30-13-7-8-27-10-13;2-1-3/h3-6,9,11,13,27H,7-8,10H2,1-2H3,(H,29,33)(H,30,32);1H,(H,2,3). The van der Waals surface area contributed by atoms with Gasteiger partial charge in [0, 0.05) is 30.9 Å². The first-order valence-corrected chi connectivity index (χ1v) is 11.3. The first-order chi connectivity index (χ1) is 17.7. The van der Waals surface area contributed by atoms with E-state index in [2.05, 4.69) is 20.9 Å². The number of carbonyl (C=O) groups excluding carboxylic acids is 2. The minimum Gasteiger partial charge on any atom is -0.494 e. The molecule has 0 spiro atoms. The number of imidazole rings is 1. The molecule has 4 rings (SSSR count). The molecule has 4 N–H and O–H groups in total. The third kappa shape index (κ3) is 6.22. The van der Waals surface area contributed by atoms with E-state index < -0.39 is 17.5 Å². The van der Waals surface area contributed by atoms with Crippen molar-refractivity contribution in [2.45, 2.75) is 12.5 Å². The Morgan fingerprint density at radius 2 is 1.97 bits per heavy atom. The molecule has 3 aromatic rings. The Labute approximate surface area is 215 Å². The maximum absolute atomic E-state index is 14.5. The van der Waals surface area contributed by atoms with Crippen LogP contribution in [0, 0.1) is 11.6 Å². The molecule has 0 radical (unpaired) electrons. The summed E-state index contributed by atoms with van der Waals surface area (Å²) in [5.41, 5.74) is 0.780. The number of anilines is 1. The van der Waals surface area contributed by atoms with Crippen molar-refractivity contribution in [2.75, 3.05) is 25.5 Å². The molecular weight excluding hydrogens is 512 g/mol. The lowest BCUT2D eigenvalue weighted by Gasteiger charge is -2.13. The van der Waals surface area contributed by atoms with E-state index >= 15 is 0 Å². The summed E-state index contributed by atoms with van der Waals surface area (Å²) in [7, 11) is 2.75. The molecule has 1 unspecified atom stereocenters. The molecule has 1 saturated heterocycles. The number of nitrogens with zero attached hydrogens (tertiary/aromatic N) is 2. The summed E-state index contributed by atoms with van der Waals surface area (Å²) in [6.07, 6.45) is 2.12. The number of carbonyl (C=O) groups is 3. The fraction of sp³-hybridized carbons (Fsp3) is 0.250. The third-order valence-electron chi connectivity index (χ3n) is 5.60. The molecule has 196 valence electrons. The van der Waals surface area contributed by atoms with Crippen LogP contribution < -0.4 is 20.7 Å². The predicted molar refractivity (Wildman–Crippen MR) is 132 cm³/mol. The molecule has 13 heteroatoms. The molecule has 0 saturated carbocycles. The van der Waals surface area contributed by atoms with Gasteiger partial charge in [0.15, 0.2) is 17.4 Å². The van der Waals surface area contributed by atoms with Crippen LogP contribution in [-0.4, -0.2) is 59.2 Å². The molecule has 1 atom stereocenters. The van der Waals surface area contributed by atoms with Gasteiger partial charge in [0.05, 0.1) is 29.6 Å². The Morgan fingerprint density at radius 3 is 2.59 bits per heavy atom. The van der Waals surface area contributed by atoms with Crippen molar-refractivity contribution in [3.8, 4) is 17.0 Å². The summed E-state index contributed by atoms with van der Waals surface area (Å²) in [6.45, 7) is 1.30. The van der Waals surface area contributed by atoms with Crippen LogP contribution in [0.1, 0.15) is 27.4 Å². The Balaban J connectivity index is 0.00000121. The molecule has 1 aliphatic heterocycles. The SMILES string of the molecule is COc1ccc(-c2cnc(C(=O)Nc3ccc(C(=O)NC4CCNC4)c(Cl)c3)n2C)c(F)c1F.O=CO. The Hall–Kier alpha value is -4.03. The molecule has 2 aromatic carbocycles. The van der Waals surface area contributed by atoms with E-state index in [0.29, 0.717) is 17.8 Å². The van der Waals surface area contributed by atoms with E-state index in [1.807, 2.05) is 0 Å². The summed E-state index contributed by atoms with van der Waals surface area (Å²) in [6, 6.07) is 7.22. The van der Waals surface area contributed by atoms with Gasteiger partial charge >= 0.3 is 0 Å². The van der Waals surface area contributed by atoms with E-state index in [9.17, 15) is 18.4 Å². The normalized spacial score (nSPS) is 14.4. The van der Waals surface area contributed by atoms with Crippen molar-refractivity contribution in [3.63, 3.8) is 0 Å². The largest absolute Gasteiger partial charge is 0.494 e. The number of aromatic nitrogens is 2. The number of rotatable bonds is 6. The van der Waals surface area contributed by atoms with Gasteiger partial charge in [-0.1, -0.05) is 11.6 Å². The smallest absolute Gasteiger partial charge is 0.291 e. The van der Waals surface area contributed by atoms with Crippen LogP contribution in [-0.2, 0) is 11.8 Å². The molecular formula is C24H24ClF2N5O5. The van der Waals surface area contributed by atoms with Gasteiger partial charge in [-0.25, -0.2) is 9.37 Å². The van der Waals surface area contributed by atoms with Gasteiger partial charge in [-0.05, 0) is 43.3 Å². The number of nitrogens with one attached hydrogen (secondary N) is 3. The van der Waals surface area contributed by atoms with E-state index in [-0.39, 0.29) is 46.3 Å². The molecule has 37 heavy (non-hydrogen) atoms. The minimum atomic E-state index is -1.13. The number of amides is 2. The van der Waals surface area contributed by atoms with E-state index in [1.165, 1.54) is 49.2 Å². The number of halogens is 3. The topological polar surface area (TPSA) is 135 Å². The Bertz CT molecular complexity index is 1310. The minimum absolute atomic E-state index is 0.0303. The van der Waals surface area contributed by atoms with Gasteiger partial charge in [0.2, 0.25) is 5.82 Å². The number of carboxylic acid groups (broad SMARTS) is 1. The number of methoxy groups -OCH3 is 1. The van der Waals surface area contributed by atoms with Gasteiger partial charge < -0.3 is 30.4 Å². The van der Waals surface area contributed by atoms with Crippen molar-refractivity contribution in [1.29, 1.82) is 0 Å². The average Bonchev–Trinajstić information content (AvgIpc) is 3.51. The highest BCUT2D eigenvalue weighted by molar-refractivity contribution is 6.34.